The fourth-order valence-electron chi connectivity index (χ4n) is 2.02. The summed E-state index contributed by atoms with van der Waals surface area (Å²) in [4.78, 5) is 12.2. The Balaban J connectivity index is 2.26. The van der Waals surface area contributed by atoms with Gasteiger partial charge in [0.25, 0.3) is 5.91 Å². The molecular formula is C14H18N4O2. The number of anilines is 2. The summed E-state index contributed by atoms with van der Waals surface area (Å²) >= 11 is 0. The van der Waals surface area contributed by atoms with Crippen LogP contribution in [0.2, 0.25) is 0 Å². The zero-order valence-electron chi connectivity index (χ0n) is 12.0. The minimum absolute atomic E-state index is 0.224. The molecule has 106 valence electrons. The van der Waals surface area contributed by atoms with Crippen molar-refractivity contribution in [3.8, 4) is 5.75 Å². The van der Waals surface area contributed by atoms with Crippen LogP contribution in [-0.2, 0) is 7.05 Å². The smallest absolute Gasteiger partial charge is 0.255 e. The number of methoxy groups -OCH3 is 1. The molecule has 0 bridgehead atoms. The Morgan fingerprint density at radius 1 is 1.40 bits per heavy atom. The van der Waals surface area contributed by atoms with Gasteiger partial charge in [-0.1, -0.05) is 0 Å². The second-order valence-corrected chi connectivity index (χ2v) is 4.58. The maximum absolute atomic E-state index is 12.2. The van der Waals surface area contributed by atoms with Crippen molar-refractivity contribution in [2.24, 2.45) is 7.05 Å². The third-order valence-electron chi connectivity index (χ3n) is 3.24. The third-order valence-corrected chi connectivity index (χ3v) is 3.24. The molecule has 0 aliphatic carbocycles. The Bertz CT molecular complexity index is 661. The van der Waals surface area contributed by atoms with Gasteiger partial charge in [0.2, 0.25) is 0 Å². The Morgan fingerprint density at radius 2 is 2.10 bits per heavy atom. The van der Waals surface area contributed by atoms with Crippen molar-refractivity contribution in [1.29, 1.82) is 0 Å². The third kappa shape index (κ3) is 2.45. The number of benzene rings is 1. The van der Waals surface area contributed by atoms with Crippen LogP contribution in [0.3, 0.4) is 0 Å². The standard InChI is InChI=1S/C14H18N4O2/c1-8-13(9(2)18(3)17-8)16-14(19)10-5-6-12(20-4)11(15)7-10/h5-7H,15H2,1-4H3,(H,16,19). The van der Waals surface area contributed by atoms with Crippen molar-refractivity contribution in [3.05, 3.63) is 35.2 Å². The normalized spacial score (nSPS) is 10.4. The van der Waals surface area contributed by atoms with Gasteiger partial charge in [-0.05, 0) is 32.0 Å². The number of nitrogens with two attached hydrogens (primary N) is 1. The first-order valence-electron chi connectivity index (χ1n) is 6.19. The van der Waals surface area contributed by atoms with E-state index in [1.54, 1.807) is 22.9 Å². The molecule has 1 aromatic heterocycles. The van der Waals surface area contributed by atoms with Crippen molar-refractivity contribution in [3.63, 3.8) is 0 Å². The molecule has 0 radical (unpaired) electrons. The number of nitrogens with one attached hydrogen (secondary N) is 1. The van der Waals surface area contributed by atoms with E-state index in [9.17, 15) is 4.79 Å². The number of ether oxygens (including phenoxy) is 1. The number of aromatic nitrogens is 2. The van der Waals surface area contributed by atoms with E-state index >= 15 is 0 Å². The molecule has 1 amide bonds. The Kier molecular flexibility index (Phi) is 3.65. The highest BCUT2D eigenvalue weighted by atomic mass is 16.5. The molecule has 1 heterocycles. The largest absolute Gasteiger partial charge is 0.495 e. The minimum Gasteiger partial charge on any atom is -0.495 e. The van der Waals surface area contributed by atoms with Gasteiger partial charge in [0.15, 0.2) is 0 Å². The summed E-state index contributed by atoms with van der Waals surface area (Å²) in [5, 5.41) is 7.12. The monoisotopic (exact) mass is 274 g/mol. The Labute approximate surface area is 117 Å². The van der Waals surface area contributed by atoms with E-state index in [4.69, 9.17) is 10.5 Å². The number of nitrogens with zero attached hydrogens (tertiary/aromatic N) is 2. The van der Waals surface area contributed by atoms with Crippen molar-refractivity contribution in [2.45, 2.75) is 13.8 Å². The van der Waals surface area contributed by atoms with Crippen LogP contribution >= 0.6 is 0 Å². The van der Waals surface area contributed by atoms with Crippen molar-refractivity contribution < 1.29 is 9.53 Å². The lowest BCUT2D eigenvalue weighted by atomic mass is 10.1. The van der Waals surface area contributed by atoms with Gasteiger partial charge in [-0.2, -0.15) is 5.10 Å². The fourth-order valence-corrected chi connectivity index (χ4v) is 2.02. The number of amides is 1. The van der Waals surface area contributed by atoms with Crippen LogP contribution < -0.4 is 15.8 Å². The molecule has 6 heteroatoms. The molecule has 0 fully saturated rings. The summed E-state index contributed by atoms with van der Waals surface area (Å²) in [7, 11) is 3.37. The molecule has 0 atom stereocenters. The van der Waals surface area contributed by atoms with Gasteiger partial charge in [-0.15, -0.1) is 0 Å². The Morgan fingerprint density at radius 3 is 2.60 bits per heavy atom. The number of nitrogen functional groups attached to an aromatic ring is 1. The fraction of sp³-hybridized carbons (Fsp3) is 0.286. The first kappa shape index (κ1) is 13.9. The van der Waals surface area contributed by atoms with E-state index in [0.29, 0.717) is 17.0 Å². The van der Waals surface area contributed by atoms with Gasteiger partial charge >= 0.3 is 0 Å². The first-order valence-corrected chi connectivity index (χ1v) is 6.19. The van der Waals surface area contributed by atoms with Crippen molar-refractivity contribution >= 4 is 17.3 Å². The second-order valence-electron chi connectivity index (χ2n) is 4.58. The topological polar surface area (TPSA) is 82.2 Å². The van der Waals surface area contributed by atoms with Gasteiger partial charge in [-0.25, -0.2) is 0 Å². The molecule has 0 saturated heterocycles. The Hall–Kier alpha value is -2.50. The van der Waals surface area contributed by atoms with Crippen molar-refractivity contribution in [2.75, 3.05) is 18.2 Å². The number of hydrogen-bond donors (Lipinski definition) is 2. The van der Waals surface area contributed by atoms with Crippen LogP contribution in [0.1, 0.15) is 21.7 Å². The van der Waals surface area contributed by atoms with E-state index < -0.39 is 0 Å². The van der Waals surface area contributed by atoms with Crippen LogP contribution in [0.25, 0.3) is 0 Å². The molecule has 0 saturated carbocycles. The molecule has 0 aliphatic rings. The molecular weight excluding hydrogens is 256 g/mol. The maximum atomic E-state index is 12.2. The highest BCUT2D eigenvalue weighted by molar-refractivity contribution is 6.05. The van der Waals surface area contributed by atoms with E-state index in [0.717, 1.165) is 17.1 Å². The number of rotatable bonds is 3. The summed E-state index contributed by atoms with van der Waals surface area (Å²) in [6.07, 6.45) is 0. The van der Waals surface area contributed by atoms with E-state index in [2.05, 4.69) is 10.4 Å². The molecule has 1 aromatic carbocycles. The van der Waals surface area contributed by atoms with Gasteiger partial charge in [0.05, 0.1) is 29.9 Å². The molecule has 2 aromatic rings. The SMILES string of the molecule is COc1ccc(C(=O)Nc2c(C)nn(C)c2C)cc1N. The predicted octanol–water partition coefficient (Wildman–Crippen LogP) is 1.88. The van der Waals surface area contributed by atoms with E-state index in [-0.39, 0.29) is 5.91 Å². The average Bonchev–Trinajstić information content (AvgIpc) is 2.65. The highest BCUT2D eigenvalue weighted by Crippen LogP contribution is 2.24. The van der Waals surface area contributed by atoms with Crippen LogP contribution in [0, 0.1) is 13.8 Å². The molecule has 2 rings (SSSR count). The lowest BCUT2D eigenvalue weighted by molar-refractivity contribution is 0.102. The summed E-state index contributed by atoms with van der Waals surface area (Å²) in [5.74, 6) is 0.328. The minimum atomic E-state index is -0.224. The summed E-state index contributed by atoms with van der Waals surface area (Å²) in [6.45, 7) is 3.75. The lowest BCUT2D eigenvalue weighted by Gasteiger charge is -2.08. The van der Waals surface area contributed by atoms with E-state index in [1.807, 2.05) is 20.9 Å². The molecule has 3 N–H and O–H groups in total. The van der Waals surface area contributed by atoms with Crippen molar-refractivity contribution in [1.82, 2.24) is 9.78 Å². The molecule has 20 heavy (non-hydrogen) atoms. The van der Waals surface area contributed by atoms with Gasteiger partial charge in [0, 0.05) is 12.6 Å². The van der Waals surface area contributed by atoms with Gasteiger partial charge in [-0.3, -0.25) is 9.48 Å². The number of carbonyl (C=O) groups excluding carboxylic acids is 1. The lowest BCUT2D eigenvalue weighted by Crippen LogP contribution is -2.13. The van der Waals surface area contributed by atoms with E-state index in [1.165, 1.54) is 7.11 Å². The highest BCUT2D eigenvalue weighted by Gasteiger charge is 2.14. The molecule has 6 nitrogen and oxygen atoms in total. The summed E-state index contributed by atoms with van der Waals surface area (Å²) in [6, 6.07) is 4.94. The average molecular weight is 274 g/mol. The van der Waals surface area contributed by atoms with Crippen LogP contribution in [0.15, 0.2) is 18.2 Å². The maximum Gasteiger partial charge on any atom is 0.255 e. The number of aryl methyl sites for hydroxylation is 2. The molecule has 0 unspecified atom stereocenters. The predicted molar refractivity (Wildman–Crippen MR) is 78.0 cm³/mol. The van der Waals surface area contributed by atoms with Crippen LogP contribution in [-0.4, -0.2) is 22.8 Å². The van der Waals surface area contributed by atoms with Crippen LogP contribution in [0.4, 0.5) is 11.4 Å². The second kappa shape index (κ2) is 5.24. The molecule has 0 aliphatic heterocycles. The number of hydrogen-bond acceptors (Lipinski definition) is 4. The quantitative estimate of drug-likeness (QED) is 0.837. The summed E-state index contributed by atoms with van der Waals surface area (Å²) < 4.78 is 6.80. The van der Waals surface area contributed by atoms with Gasteiger partial charge in [0.1, 0.15) is 5.75 Å². The zero-order valence-corrected chi connectivity index (χ0v) is 12.0. The van der Waals surface area contributed by atoms with Gasteiger partial charge < -0.3 is 15.8 Å². The van der Waals surface area contributed by atoms with Crippen LogP contribution in [0.5, 0.6) is 5.75 Å². The first-order chi connectivity index (χ1) is 9.43. The summed E-state index contributed by atoms with van der Waals surface area (Å²) in [5.41, 5.74) is 9.12. The zero-order chi connectivity index (χ0) is 14.9. The molecule has 0 spiro atoms. The number of carbonyl (C=O) groups is 1.